The summed E-state index contributed by atoms with van der Waals surface area (Å²) < 4.78 is 1.94. The molecule has 2 heterocycles. The van der Waals surface area contributed by atoms with Crippen LogP contribution in [0.2, 0.25) is 0 Å². The lowest BCUT2D eigenvalue weighted by Crippen LogP contribution is -2.41. The Morgan fingerprint density at radius 2 is 2.14 bits per heavy atom. The molecule has 1 aliphatic rings. The second-order valence-corrected chi connectivity index (χ2v) is 7.52. The van der Waals surface area contributed by atoms with E-state index < -0.39 is 0 Å². The number of aromatic nitrogens is 2. The maximum absolute atomic E-state index is 6.17. The number of nitrogens with two attached hydrogens (primary N) is 1. The highest BCUT2D eigenvalue weighted by Crippen LogP contribution is 2.33. The monoisotopic (exact) mass is 292 g/mol. The molecule has 0 aliphatic carbocycles. The molecular weight excluding hydrogens is 260 g/mol. The van der Waals surface area contributed by atoms with Gasteiger partial charge in [-0.05, 0) is 25.3 Å². The molecule has 0 bridgehead atoms. The molecule has 0 aromatic carbocycles. The molecule has 0 radical (unpaired) electrons. The van der Waals surface area contributed by atoms with E-state index in [0.29, 0.717) is 12.6 Å². The Hall–Kier alpha value is -0.870. The Morgan fingerprint density at radius 3 is 2.71 bits per heavy atom. The summed E-state index contributed by atoms with van der Waals surface area (Å²) in [6.07, 6.45) is 6.10. The van der Waals surface area contributed by atoms with Gasteiger partial charge in [0.25, 0.3) is 0 Å². The molecule has 21 heavy (non-hydrogen) atoms. The van der Waals surface area contributed by atoms with Crippen molar-refractivity contribution in [2.75, 3.05) is 19.6 Å². The van der Waals surface area contributed by atoms with Crippen molar-refractivity contribution in [2.24, 2.45) is 18.7 Å². The minimum atomic E-state index is 0.0595. The van der Waals surface area contributed by atoms with E-state index in [1.807, 2.05) is 11.7 Å². The van der Waals surface area contributed by atoms with Crippen LogP contribution >= 0.6 is 0 Å². The standard InChI is InChI=1S/C17H32N4/c1-6-13-8-7-9-21(11-13)15(10-18)14-12-20(5)19-16(14)17(2,3)4/h12-13,15H,6-11,18H2,1-5H3. The molecule has 4 heteroatoms. The molecule has 1 aromatic rings. The van der Waals surface area contributed by atoms with Gasteiger partial charge >= 0.3 is 0 Å². The highest BCUT2D eigenvalue weighted by atomic mass is 15.3. The summed E-state index contributed by atoms with van der Waals surface area (Å²) in [7, 11) is 2.01. The molecular formula is C17H32N4. The fourth-order valence-electron chi connectivity index (χ4n) is 3.52. The van der Waals surface area contributed by atoms with Gasteiger partial charge in [0.2, 0.25) is 0 Å². The van der Waals surface area contributed by atoms with E-state index in [1.165, 1.54) is 37.1 Å². The molecule has 2 N–H and O–H groups in total. The van der Waals surface area contributed by atoms with Crippen molar-refractivity contribution in [1.29, 1.82) is 0 Å². The number of nitrogens with zero attached hydrogens (tertiary/aromatic N) is 3. The lowest BCUT2D eigenvalue weighted by atomic mass is 9.86. The lowest BCUT2D eigenvalue weighted by molar-refractivity contribution is 0.123. The van der Waals surface area contributed by atoms with Gasteiger partial charge < -0.3 is 5.73 Å². The van der Waals surface area contributed by atoms with Crippen LogP contribution in [0.4, 0.5) is 0 Å². The molecule has 2 unspecified atom stereocenters. The molecule has 0 saturated carbocycles. The number of aryl methyl sites for hydroxylation is 1. The van der Waals surface area contributed by atoms with Gasteiger partial charge in [0.15, 0.2) is 0 Å². The number of likely N-dealkylation sites (tertiary alicyclic amines) is 1. The molecule has 2 rings (SSSR count). The van der Waals surface area contributed by atoms with E-state index in [9.17, 15) is 0 Å². The fourth-order valence-corrected chi connectivity index (χ4v) is 3.52. The molecule has 4 nitrogen and oxygen atoms in total. The average molecular weight is 292 g/mol. The minimum Gasteiger partial charge on any atom is -0.329 e. The van der Waals surface area contributed by atoms with Crippen LogP contribution in [0.3, 0.4) is 0 Å². The van der Waals surface area contributed by atoms with E-state index in [4.69, 9.17) is 10.8 Å². The van der Waals surface area contributed by atoms with E-state index in [1.54, 1.807) is 0 Å². The third-order valence-electron chi connectivity index (χ3n) is 4.72. The van der Waals surface area contributed by atoms with Crippen LogP contribution in [0.15, 0.2) is 6.20 Å². The SMILES string of the molecule is CCC1CCCN(C(CN)c2cn(C)nc2C(C)(C)C)C1. The van der Waals surface area contributed by atoms with Crippen molar-refractivity contribution in [1.82, 2.24) is 14.7 Å². The summed E-state index contributed by atoms with van der Waals surface area (Å²) >= 11 is 0. The lowest BCUT2D eigenvalue weighted by Gasteiger charge is -2.38. The zero-order chi connectivity index (χ0) is 15.6. The smallest absolute Gasteiger partial charge is 0.0726 e. The van der Waals surface area contributed by atoms with Gasteiger partial charge in [-0.25, -0.2) is 0 Å². The van der Waals surface area contributed by atoms with Crippen molar-refractivity contribution in [3.05, 3.63) is 17.5 Å². The van der Waals surface area contributed by atoms with Crippen molar-refractivity contribution in [2.45, 2.75) is 58.4 Å². The summed E-state index contributed by atoms with van der Waals surface area (Å²) in [6.45, 7) is 12.0. The van der Waals surface area contributed by atoms with E-state index in [2.05, 4.69) is 38.8 Å². The molecule has 1 fully saturated rings. The molecule has 1 aliphatic heterocycles. The molecule has 1 saturated heterocycles. The van der Waals surface area contributed by atoms with Gasteiger partial charge in [-0.1, -0.05) is 34.1 Å². The van der Waals surface area contributed by atoms with Gasteiger partial charge in [-0.15, -0.1) is 0 Å². The second kappa shape index (κ2) is 6.49. The topological polar surface area (TPSA) is 47.1 Å². The van der Waals surface area contributed by atoms with Crippen LogP contribution in [0, 0.1) is 5.92 Å². The third-order valence-corrected chi connectivity index (χ3v) is 4.72. The van der Waals surface area contributed by atoms with Gasteiger partial charge in [0, 0.05) is 37.3 Å². The first-order chi connectivity index (χ1) is 9.86. The Kier molecular flexibility index (Phi) is 5.10. The Bertz CT molecular complexity index is 458. The number of hydrogen-bond donors (Lipinski definition) is 1. The summed E-state index contributed by atoms with van der Waals surface area (Å²) in [5.74, 6) is 0.822. The van der Waals surface area contributed by atoms with Gasteiger partial charge in [0.1, 0.15) is 0 Å². The Labute approximate surface area is 129 Å². The maximum Gasteiger partial charge on any atom is 0.0726 e. The maximum atomic E-state index is 6.17. The van der Waals surface area contributed by atoms with E-state index in [0.717, 1.165) is 12.5 Å². The number of piperidine rings is 1. The minimum absolute atomic E-state index is 0.0595. The highest BCUT2D eigenvalue weighted by Gasteiger charge is 2.31. The largest absolute Gasteiger partial charge is 0.329 e. The molecule has 120 valence electrons. The third kappa shape index (κ3) is 3.67. The summed E-state index contributed by atoms with van der Waals surface area (Å²) in [5, 5.41) is 4.72. The molecule has 0 amide bonds. The van der Waals surface area contributed by atoms with E-state index >= 15 is 0 Å². The number of rotatable bonds is 4. The van der Waals surface area contributed by atoms with Crippen LogP contribution in [0.1, 0.15) is 64.3 Å². The van der Waals surface area contributed by atoms with Crippen LogP contribution in [0.25, 0.3) is 0 Å². The molecule has 1 aromatic heterocycles. The predicted molar refractivity (Wildman–Crippen MR) is 88.3 cm³/mol. The van der Waals surface area contributed by atoms with Gasteiger partial charge in [-0.3, -0.25) is 9.58 Å². The molecule has 0 spiro atoms. The van der Waals surface area contributed by atoms with Crippen molar-refractivity contribution < 1.29 is 0 Å². The Morgan fingerprint density at radius 1 is 1.43 bits per heavy atom. The zero-order valence-electron chi connectivity index (χ0n) is 14.4. The van der Waals surface area contributed by atoms with Crippen molar-refractivity contribution >= 4 is 0 Å². The number of hydrogen-bond acceptors (Lipinski definition) is 3. The van der Waals surface area contributed by atoms with Crippen LogP contribution in [-0.2, 0) is 12.5 Å². The normalized spacial score (nSPS) is 22.5. The van der Waals surface area contributed by atoms with Gasteiger partial charge in [-0.2, -0.15) is 5.10 Å². The summed E-state index contributed by atoms with van der Waals surface area (Å²) in [5.41, 5.74) is 8.74. The van der Waals surface area contributed by atoms with Crippen LogP contribution in [-0.4, -0.2) is 34.3 Å². The van der Waals surface area contributed by atoms with Crippen molar-refractivity contribution in [3.63, 3.8) is 0 Å². The van der Waals surface area contributed by atoms with Crippen LogP contribution in [0.5, 0.6) is 0 Å². The zero-order valence-corrected chi connectivity index (χ0v) is 14.4. The van der Waals surface area contributed by atoms with E-state index in [-0.39, 0.29) is 5.41 Å². The first-order valence-corrected chi connectivity index (χ1v) is 8.35. The quantitative estimate of drug-likeness (QED) is 0.928. The Balaban J connectivity index is 2.29. The first kappa shape index (κ1) is 16.5. The molecule has 2 atom stereocenters. The van der Waals surface area contributed by atoms with Gasteiger partial charge in [0.05, 0.1) is 11.7 Å². The fraction of sp³-hybridized carbons (Fsp3) is 0.824. The summed E-state index contributed by atoms with van der Waals surface area (Å²) in [6, 6.07) is 0.308. The second-order valence-electron chi connectivity index (χ2n) is 7.52. The summed E-state index contributed by atoms with van der Waals surface area (Å²) in [4.78, 5) is 2.59. The first-order valence-electron chi connectivity index (χ1n) is 8.35. The van der Waals surface area contributed by atoms with Crippen molar-refractivity contribution in [3.8, 4) is 0 Å². The van der Waals surface area contributed by atoms with Crippen LogP contribution < -0.4 is 5.73 Å². The average Bonchev–Trinajstić information content (AvgIpc) is 2.82. The predicted octanol–water partition coefficient (Wildman–Crippen LogP) is 2.84. The highest BCUT2D eigenvalue weighted by molar-refractivity contribution is 5.28.